The number of benzene rings is 3. The van der Waals surface area contributed by atoms with E-state index in [9.17, 15) is 4.79 Å². The molecule has 5 rings (SSSR count). The van der Waals surface area contributed by atoms with E-state index in [1.165, 1.54) is 27.7 Å². The lowest BCUT2D eigenvalue weighted by atomic mass is 10.0. The minimum Gasteiger partial charge on any atom is -0.267 e. The van der Waals surface area contributed by atoms with Crippen LogP contribution in [0.15, 0.2) is 89.0 Å². The molecule has 0 fully saturated rings. The van der Waals surface area contributed by atoms with Crippen molar-refractivity contribution < 1.29 is 0 Å². The molecular weight excluding hydrogens is 378 g/mol. The zero-order valence-electron chi connectivity index (χ0n) is 15.7. The maximum atomic E-state index is 13.2. The summed E-state index contributed by atoms with van der Waals surface area (Å²) in [7, 11) is 0. The Morgan fingerprint density at radius 1 is 0.966 bits per heavy atom. The van der Waals surface area contributed by atoms with Crippen LogP contribution in [0.25, 0.3) is 32.1 Å². The fourth-order valence-corrected chi connectivity index (χ4v) is 4.55. The average molecular weight is 395 g/mol. The summed E-state index contributed by atoms with van der Waals surface area (Å²) in [4.78, 5) is 19.5. The van der Waals surface area contributed by atoms with Gasteiger partial charge in [0.05, 0.1) is 11.6 Å². The molecule has 0 spiro atoms. The summed E-state index contributed by atoms with van der Waals surface area (Å²) >= 11 is 1.54. The quantitative estimate of drug-likeness (QED) is 0.380. The third-order valence-corrected chi connectivity index (χ3v) is 5.95. The molecule has 140 valence electrons. The predicted molar refractivity (Wildman–Crippen MR) is 121 cm³/mol. The SMILES string of the molecule is Cc1sc2ncn(/N=C\c3ccc4ccccc4c3)c(=O)c2c1-c1ccccc1. The molecule has 0 bridgehead atoms. The van der Waals surface area contributed by atoms with Gasteiger partial charge in [-0.1, -0.05) is 66.7 Å². The van der Waals surface area contributed by atoms with Crippen LogP contribution < -0.4 is 5.56 Å². The number of nitrogens with zero attached hydrogens (tertiary/aromatic N) is 3. The number of hydrogen-bond donors (Lipinski definition) is 0. The van der Waals surface area contributed by atoms with Gasteiger partial charge in [0, 0.05) is 10.4 Å². The minimum absolute atomic E-state index is 0.157. The minimum atomic E-state index is -0.157. The van der Waals surface area contributed by atoms with E-state index in [1.807, 2.05) is 55.5 Å². The Bertz CT molecular complexity index is 1430. The molecule has 3 aromatic carbocycles. The van der Waals surface area contributed by atoms with Gasteiger partial charge in [0.25, 0.3) is 5.56 Å². The molecule has 0 radical (unpaired) electrons. The molecule has 0 N–H and O–H groups in total. The summed E-state index contributed by atoms with van der Waals surface area (Å²) in [6.45, 7) is 2.02. The second kappa shape index (κ2) is 7.11. The smallest absolute Gasteiger partial charge is 0.267 e. The predicted octanol–water partition coefficient (Wildman–Crippen LogP) is 5.47. The van der Waals surface area contributed by atoms with E-state index < -0.39 is 0 Å². The molecular formula is C24H17N3OS. The first-order chi connectivity index (χ1) is 14.2. The molecule has 0 saturated carbocycles. The molecule has 0 atom stereocenters. The van der Waals surface area contributed by atoms with Crippen LogP contribution in [0.2, 0.25) is 0 Å². The van der Waals surface area contributed by atoms with Gasteiger partial charge in [-0.3, -0.25) is 4.79 Å². The second-order valence-corrected chi connectivity index (χ2v) is 8.03. The Balaban J connectivity index is 1.61. The maximum Gasteiger partial charge on any atom is 0.283 e. The van der Waals surface area contributed by atoms with E-state index in [4.69, 9.17) is 0 Å². The van der Waals surface area contributed by atoms with Crippen molar-refractivity contribution in [2.45, 2.75) is 6.92 Å². The Morgan fingerprint density at radius 3 is 2.55 bits per heavy atom. The lowest BCUT2D eigenvalue weighted by Gasteiger charge is -2.03. The van der Waals surface area contributed by atoms with Crippen LogP contribution in [0.1, 0.15) is 10.4 Å². The molecule has 5 aromatic rings. The van der Waals surface area contributed by atoms with Crippen LogP contribution >= 0.6 is 11.3 Å². The maximum absolute atomic E-state index is 13.2. The fraction of sp³-hybridized carbons (Fsp3) is 0.0417. The van der Waals surface area contributed by atoms with Gasteiger partial charge in [-0.25, -0.2) is 4.98 Å². The van der Waals surface area contributed by atoms with Gasteiger partial charge < -0.3 is 0 Å². The van der Waals surface area contributed by atoms with Crippen LogP contribution in [-0.4, -0.2) is 15.9 Å². The van der Waals surface area contributed by atoms with E-state index in [2.05, 4.69) is 34.4 Å². The number of fused-ring (bicyclic) bond motifs is 2. The average Bonchev–Trinajstić information content (AvgIpc) is 3.10. The van der Waals surface area contributed by atoms with Crippen LogP contribution in [-0.2, 0) is 0 Å². The summed E-state index contributed by atoms with van der Waals surface area (Å²) in [6, 6.07) is 24.2. The molecule has 4 nitrogen and oxygen atoms in total. The molecule has 0 aliphatic rings. The summed E-state index contributed by atoms with van der Waals surface area (Å²) < 4.78 is 1.32. The zero-order chi connectivity index (χ0) is 19.8. The number of hydrogen-bond acceptors (Lipinski definition) is 4. The highest BCUT2D eigenvalue weighted by Gasteiger charge is 2.16. The first-order valence-electron chi connectivity index (χ1n) is 9.30. The molecule has 5 heteroatoms. The van der Waals surface area contributed by atoms with Crippen LogP contribution in [0.3, 0.4) is 0 Å². The largest absolute Gasteiger partial charge is 0.283 e. The van der Waals surface area contributed by atoms with Crippen LogP contribution in [0, 0.1) is 6.92 Å². The third-order valence-electron chi connectivity index (χ3n) is 4.94. The lowest BCUT2D eigenvalue weighted by Crippen LogP contribution is -2.16. The highest BCUT2D eigenvalue weighted by Crippen LogP contribution is 2.35. The first kappa shape index (κ1) is 17.5. The molecule has 0 unspecified atom stereocenters. The van der Waals surface area contributed by atoms with E-state index in [0.717, 1.165) is 31.8 Å². The Hall–Kier alpha value is -3.57. The van der Waals surface area contributed by atoms with Gasteiger partial charge in [-0.2, -0.15) is 9.78 Å². The van der Waals surface area contributed by atoms with Crippen molar-refractivity contribution >= 4 is 38.5 Å². The monoisotopic (exact) mass is 395 g/mol. The molecule has 0 saturated heterocycles. The molecule has 29 heavy (non-hydrogen) atoms. The van der Waals surface area contributed by atoms with E-state index >= 15 is 0 Å². The Morgan fingerprint density at radius 2 is 1.72 bits per heavy atom. The van der Waals surface area contributed by atoms with Gasteiger partial charge in [-0.15, -0.1) is 11.3 Å². The van der Waals surface area contributed by atoms with E-state index in [1.54, 1.807) is 6.21 Å². The Kier molecular flexibility index (Phi) is 4.30. The molecule has 0 aliphatic carbocycles. The number of aryl methyl sites for hydroxylation is 1. The number of thiophene rings is 1. The number of aromatic nitrogens is 2. The summed E-state index contributed by atoms with van der Waals surface area (Å²) in [5, 5.41) is 7.33. The first-order valence-corrected chi connectivity index (χ1v) is 10.1. The standard InChI is InChI=1S/C24H17N3OS/c1-16-21(19-8-3-2-4-9-19)22-23(29-16)25-15-27(24(22)28)26-14-17-11-12-18-7-5-6-10-20(18)13-17/h2-15H,1H3/b26-14-. The van der Waals surface area contributed by atoms with Crippen molar-refractivity contribution in [1.29, 1.82) is 0 Å². The zero-order valence-corrected chi connectivity index (χ0v) is 16.6. The fourth-order valence-electron chi connectivity index (χ4n) is 3.55. The summed E-state index contributed by atoms with van der Waals surface area (Å²) in [5.41, 5.74) is 2.74. The van der Waals surface area contributed by atoms with Crippen molar-refractivity contribution in [2.75, 3.05) is 0 Å². The highest BCUT2D eigenvalue weighted by molar-refractivity contribution is 7.19. The number of rotatable bonds is 3. The van der Waals surface area contributed by atoms with E-state index in [0.29, 0.717) is 5.39 Å². The topological polar surface area (TPSA) is 47.2 Å². The Labute approximate surface area is 171 Å². The normalized spacial score (nSPS) is 11.6. The van der Waals surface area contributed by atoms with Gasteiger partial charge in [0.2, 0.25) is 0 Å². The van der Waals surface area contributed by atoms with Crippen molar-refractivity contribution in [3.05, 3.63) is 99.9 Å². The molecule has 2 heterocycles. The van der Waals surface area contributed by atoms with Gasteiger partial charge in [-0.05, 0) is 34.9 Å². The van der Waals surface area contributed by atoms with Crippen molar-refractivity contribution in [1.82, 2.24) is 9.66 Å². The van der Waals surface area contributed by atoms with Crippen LogP contribution in [0.5, 0.6) is 0 Å². The van der Waals surface area contributed by atoms with Gasteiger partial charge in [0.1, 0.15) is 11.2 Å². The van der Waals surface area contributed by atoms with Crippen molar-refractivity contribution in [2.24, 2.45) is 5.10 Å². The van der Waals surface area contributed by atoms with Crippen molar-refractivity contribution in [3.63, 3.8) is 0 Å². The van der Waals surface area contributed by atoms with Crippen molar-refractivity contribution in [3.8, 4) is 11.1 Å². The van der Waals surface area contributed by atoms with E-state index in [-0.39, 0.29) is 5.56 Å². The van der Waals surface area contributed by atoms with Gasteiger partial charge in [0.15, 0.2) is 0 Å². The lowest BCUT2D eigenvalue weighted by molar-refractivity contribution is 0.819. The van der Waals surface area contributed by atoms with Gasteiger partial charge >= 0.3 is 0 Å². The molecule has 2 aromatic heterocycles. The second-order valence-electron chi connectivity index (χ2n) is 6.82. The summed E-state index contributed by atoms with van der Waals surface area (Å²) in [5.74, 6) is 0. The highest BCUT2D eigenvalue weighted by atomic mass is 32.1. The summed E-state index contributed by atoms with van der Waals surface area (Å²) in [6.07, 6.45) is 3.19. The van der Waals surface area contributed by atoms with Crippen LogP contribution in [0.4, 0.5) is 0 Å². The third kappa shape index (κ3) is 3.15. The molecule has 0 amide bonds. The molecule has 0 aliphatic heterocycles.